The van der Waals surface area contributed by atoms with E-state index in [9.17, 15) is 36.6 Å². The summed E-state index contributed by atoms with van der Waals surface area (Å²) in [6, 6.07) is 3.92. The fraction of sp³-hybridized carbons (Fsp3) is 0.143. The molecule has 0 bridgehead atoms. The van der Waals surface area contributed by atoms with Crippen LogP contribution in [0.4, 0.5) is 43.9 Å². The van der Waals surface area contributed by atoms with E-state index in [1.807, 2.05) is 0 Å². The number of methoxy groups -OCH3 is 2. The van der Waals surface area contributed by atoms with Crippen LogP contribution in [0, 0.1) is 58.2 Å². The highest BCUT2D eigenvalue weighted by molar-refractivity contribution is 5.54. The number of hydrogen-bond donors (Lipinski definition) is 2. The van der Waals surface area contributed by atoms with Crippen LogP contribution in [0.1, 0.15) is 22.3 Å². The Hall–Kier alpha value is -4.30. The summed E-state index contributed by atoms with van der Waals surface area (Å²) in [5, 5.41) is 24.3. The van der Waals surface area contributed by atoms with Gasteiger partial charge in [-0.05, 0) is 35.4 Å². The van der Waals surface area contributed by atoms with Crippen molar-refractivity contribution in [2.45, 2.75) is 11.2 Å². The monoisotopic (exact) mass is 606 g/mol. The molecule has 0 saturated heterocycles. The molecule has 0 aliphatic heterocycles. The van der Waals surface area contributed by atoms with Crippen molar-refractivity contribution in [3.63, 3.8) is 0 Å². The quantitative estimate of drug-likeness (QED) is 0.193. The summed E-state index contributed by atoms with van der Waals surface area (Å²) in [4.78, 5) is 0. The van der Waals surface area contributed by atoms with Gasteiger partial charge in [0, 0.05) is 0 Å². The van der Waals surface area contributed by atoms with Gasteiger partial charge in [-0.25, -0.2) is 26.3 Å². The lowest BCUT2D eigenvalue weighted by atomic mass is 9.65. The van der Waals surface area contributed by atoms with Crippen molar-refractivity contribution in [2.75, 3.05) is 14.2 Å². The van der Waals surface area contributed by atoms with E-state index in [-0.39, 0.29) is 0 Å². The number of aliphatic hydroxyl groups is 2. The predicted molar refractivity (Wildman–Crippen MR) is 124 cm³/mol. The predicted octanol–water partition coefficient (Wildman–Crippen LogP) is 6.27. The van der Waals surface area contributed by atoms with Crippen molar-refractivity contribution in [1.29, 1.82) is 0 Å². The van der Waals surface area contributed by atoms with E-state index >= 15 is 17.6 Å². The van der Waals surface area contributed by atoms with E-state index in [2.05, 4.69) is 9.47 Å². The first-order chi connectivity index (χ1) is 19.7. The summed E-state index contributed by atoms with van der Waals surface area (Å²) in [7, 11) is 1.21. The lowest BCUT2D eigenvalue weighted by Crippen LogP contribution is -2.53. The van der Waals surface area contributed by atoms with Crippen LogP contribution < -0.4 is 9.47 Å². The highest BCUT2D eigenvalue weighted by atomic mass is 19.2. The molecule has 0 radical (unpaired) electrons. The van der Waals surface area contributed by atoms with Gasteiger partial charge in [0.05, 0.1) is 25.3 Å². The Labute approximate surface area is 230 Å². The lowest BCUT2D eigenvalue weighted by molar-refractivity contribution is -0.121. The van der Waals surface area contributed by atoms with Crippen LogP contribution in [0.2, 0.25) is 0 Å². The van der Waals surface area contributed by atoms with Crippen molar-refractivity contribution in [2.24, 2.45) is 0 Å². The molecular formula is C28H16F10O4. The Bertz CT molecular complexity index is 1500. The summed E-state index contributed by atoms with van der Waals surface area (Å²) < 4.78 is 159. The Morgan fingerprint density at radius 3 is 0.881 bits per heavy atom. The molecule has 42 heavy (non-hydrogen) atoms. The van der Waals surface area contributed by atoms with Gasteiger partial charge in [-0.3, -0.25) is 0 Å². The third-order valence-electron chi connectivity index (χ3n) is 6.63. The fourth-order valence-electron chi connectivity index (χ4n) is 4.67. The Morgan fingerprint density at radius 2 is 0.667 bits per heavy atom. The zero-order valence-electron chi connectivity index (χ0n) is 21.1. The number of rotatable bonds is 7. The van der Waals surface area contributed by atoms with Crippen LogP contribution in [0.5, 0.6) is 11.5 Å². The average Bonchev–Trinajstić information content (AvgIpc) is 2.96. The molecule has 4 aromatic rings. The SMILES string of the molecule is COc1c(F)c(F)c(C(O)(c2ccc(F)cc2)C(O)(c2ccc(F)cc2)c2c(F)c(F)c(OC)c(F)c2F)c(F)c1F. The molecule has 2 N–H and O–H groups in total. The van der Waals surface area contributed by atoms with E-state index in [0.717, 1.165) is 0 Å². The third-order valence-corrected chi connectivity index (χ3v) is 6.63. The molecule has 14 heteroatoms. The van der Waals surface area contributed by atoms with Gasteiger partial charge < -0.3 is 19.7 Å². The normalized spacial score (nSPS) is 14.3. The summed E-state index contributed by atoms with van der Waals surface area (Å²) in [5.74, 6) is -24.8. The molecule has 0 heterocycles. The van der Waals surface area contributed by atoms with E-state index in [1.165, 1.54) is 0 Å². The maximum Gasteiger partial charge on any atom is 0.204 e. The molecular weight excluding hydrogens is 590 g/mol. The molecule has 0 aromatic heterocycles. The highest BCUT2D eigenvalue weighted by Crippen LogP contribution is 2.54. The van der Waals surface area contributed by atoms with Crippen LogP contribution >= 0.6 is 0 Å². The standard InChI is InChI=1S/C28H16F10O4/c1-41-25-21(35)17(31)15(18(32)22(25)36)27(39,11-3-7-13(29)8-4-11)28(40,12-5-9-14(30)10-6-12)16-19(33)23(37)26(42-2)24(38)20(16)34/h3-10,39-40H,1-2H3. The van der Waals surface area contributed by atoms with Crippen LogP contribution in [0.25, 0.3) is 0 Å². The second-order valence-electron chi connectivity index (χ2n) is 8.76. The maximum absolute atomic E-state index is 15.6. The molecule has 222 valence electrons. The second kappa shape index (κ2) is 10.8. The first kappa shape index (κ1) is 30.7. The number of hydrogen-bond acceptors (Lipinski definition) is 4. The van der Waals surface area contributed by atoms with E-state index < -0.39 is 103 Å². The molecule has 0 saturated carbocycles. The number of halogens is 10. The van der Waals surface area contributed by atoms with Gasteiger partial charge in [0.2, 0.25) is 23.3 Å². The minimum absolute atomic E-state index is 0.481. The van der Waals surface area contributed by atoms with Crippen molar-refractivity contribution in [3.8, 4) is 11.5 Å². The average molecular weight is 606 g/mol. The Morgan fingerprint density at radius 1 is 0.429 bits per heavy atom. The van der Waals surface area contributed by atoms with E-state index in [0.29, 0.717) is 62.8 Å². The minimum atomic E-state index is -4.23. The Kier molecular flexibility index (Phi) is 7.91. The molecule has 4 nitrogen and oxygen atoms in total. The van der Waals surface area contributed by atoms with E-state index in [1.54, 1.807) is 0 Å². The summed E-state index contributed by atoms with van der Waals surface area (Å²) in [6.07, 6.45) is 0. The van der Waals surface area contributed by atoms with Gasteiger partial charge >= 0.3 is 0 Å². The molecule has 4 rings (SSSR count). The molecule has 0 fully saturated rings. The van der Waals surface area contributed by atoms with Gasteiger partial charge in [-0.2, -0.15) is 17.6 Å². The van der Waals surface area contributed by atoms with E-state index in [4.69, 9.17) is 0 Å². The van der Waals surface area contributed by atoms with Gasteiger partial charge in [-0.15, -0.1) is 0 Å². The van der Waals surface area contributed by atoms with Crippen molar-refractivity contribution in [3.05, 3.63) is 129 Å². The zero-order chi connectivity index (χ0) is 31.3. The minimum Gasteiger partial charge on any atom is -0.491 e. The van der Waals surface area contributed by atoms with Gasteiger partial charge in [0.1, 0.15) is 11.6 Å². The topological polar surface area (TPSA) is 58.9 Å². The van der Waals surface area contributed by atoms with Crippen LogP contribution in [0.3, 0.4) is 0 Å². The molecule has 0 amide bonds. The first-order valence-corrected chi connectivity index (χ1v) is 11.5. The van der Waals surface area contributed by atoms with Crippen LogP contribution in [-0.4, -0.2) is 24.4 Å². The fourth-order valence-corrected chi connectivity index (χ4v) is 4.67. The lowest BCUT2D eigenvalue weighted by Gasteiger charge is -2.45. The molecule has 0 aliphatic carbocycles. The number of ether oxygens (including phenoxy) is 2. The second-order valence-corrected chi connectivity index (χ2v) is 8.76. The molecule has 4 aromatic carbocycles. The van der Waals surface area contributed by atoms with Crippen molar-refractivity contribution in [1.82, 2.24) is 0 Å². The third kappa shape index (κ3) is 4.24. The van der Waals surface area contributed by atoms with Crippen LogP contribution in [0.15, 0.2) is 48.5 Å². The van der Waals surface area contributed by atoms with Gasteiger partial charge in [0.15, 0.2) is 46.0 Å². The molecule has 2 unspecified atom stereocenters. The van der Waals surface area contributed by atoms with Gasteiger partial charge in [0.25, 0.3) is 0 Å². The number of benzene rings is 4. The molecule has 2 atom stereocenters. The molecule has 0 spiro atoms. The highest BCUT2D eigenvalue weighted by Gasteiger charge is 2.61. The largest absolute Gasteiger partial charge is 0.491 e. The smallest absolute Gasteiger partial charge is 0.204 e. The molecule has 0 aliphatic rings. The van der Waals surface area contributed by atoms with Crippen molar-refractivity contribution >= 4 is 0 Å². The first-order valence-electron chi connectivity index (χ1n) is 11.5. The van der Waals surface area contributed by atoms with Crippen LogP contribution in [-0.2, 0) is 11.2 Å². The summed E-state index contributed by atoms with van der Waals surface area (Å²) in [6.45, 7) is 0. The Balaban J connectivity index is 2.35. The van der Waals surface area contributed by atoms with Crippen molar-refractivity contribution < 1.29 is 63.6 Å². The maximum atomic E-state index is 15.6. The summed E-state index contributed by atoms with van der Waals surface area (Å²) >= 11 is 0. The zero-order valence-corrected chi connectivity index (χ0v) is 21.1. The summed E-state index contributed by atoms with van der Waals surface area (Å²) in [5.41, 5.74) is -15.1. The van der Waals surface area contributed by atoms with Gasteiger partial charge in [-0.1, -0.05) is 24.3 Å².